The predicted molar refractivity (Wildman–Crippen MR) is 98.7 cm³/mol. The smallest absolute Gasteiger partial charge is 1.00 e. The molecule has 4 nitrogen and oxygen atoms in total. The molecule has 0 saturated carbocycles. The van der Waals surface area contributed by atoms with E-state index >= 15 is 0 Å². The van der Waals surface area contributed by atoms with Crippen molar-refractivity contribution in [3.05, 3.63) is 0 Å². The second-order valence-corrected chi connectivity index (χ2v) is 7.86. The van der Waals surface area contributed by atoms with E-state index < -0.39 is 59.7 Å². The second-order valence-electron chi connectivity index (χ2n) is 5.34. The molecule has 0 aromatic carbocycles. The largest absolute Gasteiger partial charge is 1.00 e. The monoisotopic (exact) mass is 716 g/mol. The van der Waals surface area contributed by atoms with Crippen LogP contribution < -0.4 is 120 Å². The molecule has 1 aliphatic heterocycles. The number of sulfone groups is 1. The fourth-order valence-corrected chi connectivity index (χ4v) is 3.24. The molecule has 1 saturated heterocycles. The first-order valence-corrected chi connectivity index (χ1v) is 9.77. The van der Waals surface area contributed by atoms with E-state index in [1.807, 2.05) is 0 Å². The number of alkyl halides is 14. The van der Waals surface area contributed by atoms with E-state index in [2.05, 4.69) is 21.1 Å². The van der Waals surface area contributed by atoms with Crippen LogP contribution in [-0.2, 0) is 19.3 Å². The van der Waals surface area contributed by atoms with Crippen LogP contribution in [0.25, 0.3) is 0 Å². The van der Waals surface area contributed by atoms with Crippen LogP contribution in [0.5, 0.6) is 0 Å². The van der Waals surface area contributed by atoms with Gasteiger partial charge in [-0.05, 0) is 12.8 Å². The molecule has 0 spiro atoms. The zero-order valence-corrected chi connectivity index (χ0v) is 26.1. The van der Waals surface area contributed by atoms with Crippen molar-refractivity contribution < 1.29 is 195 Å². The molecular weight excluding hydrogens is 691 g/mol. The Morgan fingerprint density at radius 3 is 0.974 bits per heavy atom. The van der Waals surface area contributed by atoms with Crippen molar-refractivity contribution in [2.75, 3.05) is 24.4 Å². The third kappa shape index (κ3) is 31.7. The summed E-state index contributed by atoms with van der Waals surface area (Å²) in [5.41, 5.74) is 0. The Kier molecular flexibility index (Phi) is 45.9. The number of rotatable bonds is 4. The molecule has 1 heterocycles. The summed E-state index contributed by atoms with van der Waals surface area (Å²) in [5.74, 6) is 0.847. The Hall–Kier alpha value is 2.74. The van der Waals surface area contributed by atoms with Gasteiger partial charge < -0.3 is 26.6 Å². The van der Waals surface area contributed by atoms with E-state index in [9.17, 15) is 65.5 Å². The summed E-state index contributed by atoms with van der Waals surface area (Å²) < 4.78 is 175. The first kappa shape index (κ1) is 63.9. The van der Waals surface area contributed by atoms with Crippen molar-refractivity contribution in [2.45, 2.75) is 72.0 Å². The minimum atomic E-state index is -5.63. The van der Waals surface area contributed by atoms with Gasteiger partial charge in [-0.15, -0.1) is 0 Å². The zero-order valence-electron chi connectivity index (χ0n) is 17.5. The molecule has 0 aromatic rings. The molecule has 0 amide bonds. The summed E-state index contributed by atoms with van der Waals surface area (Å²) in [7, 11) is -2.55. The third-order valence-electron chi connectivity index (χ3n) is 2.81. The van der Waals surface area contributed by atoms with Crippen LogP contribution in [0.3, 0.4) is 0 Å². The van der Waals surface area contributed by atoms with Crippen molar-refractivity contribution in [1.82, 2.24) is 0 Å². The van der Waals surface area contributed by atoms with Gasteiger partial charge in [-0.3, -0.25) is 0 Å². The molecule has 0 unspecified atom stereocenters. The van der Waals surface area contributed by atoms with Gasteiger partial charge in [-0.25, -0.2) is 12.8 Å². The number of hydrogen-bond acceptors (Lipinski definition) is 4. The maximum absolute atomic E-state index is 11.5. The molecule has 0 N–H and O–H groups in total. The van der Waals surface area contributed by atoms with Crippen LogP contribution in [0.15, 0.2) is 0 Å². The Morgan fingerprint density at radius 2 is 0.895 bits per heavy atom. The summed E-state index contributed by atoms with van der Waals surface area (Å²) in [6, 6.07) is -1.16. The molecular formula is C15H26Cl2F14K2O4S. The van der Waals surface area contributed by atoms with Crippen LogP contribution in [0.1, 0.15) is 35.1 Å². The van der Waals surface area contributed by atoms with Crippen LogP contribution in [0.2, 0.25) is 0 Å². The van der Waals surface area contributed by atoms with Gasteiger partial charge in [0, 0.05) is 0 Å². The van der Waals surface area contributed by atoms with Gasteiger partial charge in [-0.2, -0.15) is 52.7 Å². The maximum atomic E-state index is 11.5. The van der Waals surface area contributed by atoms with Gasteiger partial charge in [0.25, 0.3) is 12.2 Å². The Bertz CT molecular complexity index is 545. The molecule has 230 valence electrons. The van der Waals surface area contributed by atoms with E-state index in [1.165, 1.54) is 0 Å². The fourth-order valence-electron chi connectivity index (χ4n) is 1.62. The van der Waals surface area contributed by atoms with Crippen molar-refractivity contribution >= 4 is 21.4 Å². The van der Waals surface area contributed by atoms with Crippen molar-refractivity contribution in [1.29, 1.82) is 0 Å². The summed E-state index contributed by atoms with van der Waals surface area (Å²) in [6.07, 6.45) is -28.3. The maximum Gasteiger partial charge on any atom is 1.00 e. The fraction of sp³-hybridized carbons (Fsp3) is 1.00. The summed E-state index contributed by atoms with van der Waals surface area (Å²) >= 11 is 4.59. The molecule has 38 heavy (non-hydrogen) atoms. The third-order valence-corrected chi connectivity index (χ3v) is 4.76. The van der Waals surface area contributed by atoms with E-state index in [0.717, 1.165) is 12.8 Å². The average Bonchev–Trinajstić information content (AvgIpc) is 2.91. The number of hydrogen-bond donors (Lipinski definition) is 0. The molecule has 0 radical (unpaired) electrons. The first-order chi connectivity index (χ1) is 13.6. The average molecular weight is 718 g/mol. The van der Waals surface area contributed by atoms with Crippen LogP contribution in [0.4, 0.5) is 57.1 Å². The molecule has 0 aliphatic carbocycles. The quantitative estimate of drug-likeness (QED) is 0.167. The van der Waals surface area contributed by atoms with E-state index in [1.54, 1.807) is 0 Å². The van der Waals surface area contributed by atoms with Gasteiger partial charge in [0.05, 0.1) is 11.5 Å². The van der Waals surface area contributed by atoms with E-state index in [0.29, 0.717) is 11.5 Å². The molecule has 0 atom stereocenters. The van der Waals surface area contributed by atoms with E-state index in [4.69, 9.17) is 0 Å². The Morgan fingerprint density at radius 1 is 0.658 bits per heavy atom. The van der Waals surface area contributed by atoms with E-state index in [-0.39, 0.29) is 142 Å². The standard InChI is InChI=1S/C4H3ClF6O.C4H3F7O.C4H8O2S.3CH4.ClH.FH.2K/c2*5-1-12-2(3(6,7)8)4(9,10)11;5-7(6)3-1-2-4-7;;;;;;;/h2*2H,1H2;1-4H2;3*1H4;2*1H;;/q;;;;;;;;2*+1/p-2. The van der Waals surface area contributed by atoms with Gasteiger partial charge in [0.15, 0.2) is 6.86 Å². The SMILES string of the molecule is C.C.C.FC(F)(F)C(OCCl)C(F)(F)F.FCOC(C(F)(F)F)C(F)(F)F.O=S1(=O)CCCC1.[Cl-].[F-].[K+].[K+]. The molecule has 1 fully saturated rings. The molecule has 1 aliphatic rings. The number of ether oxygens (including phenoxy) is 2. The Balaban J connectivity index is -0.0000000444. The van der Waals surface area contributed by atoms with Gasteiger partial charge in [0.1, 0.15) is 15.9 Å². The topological polar surface area (TPSA) is 52.6 Å². The molecule has 0 bridgehead atoms. The number of halogens is 16. The molecule has 23 heteroatoms. The minimum absolute atomic E-state index is 0. The normalized spacial score (nSPS) is 14.0. The van der Waals surface area contributed by atoms with Gasteiger partial charge in [0.2, 0.25) is 0 Å². The zero-order chi connectivity index (χ0) is 25.3. The van der Waals surface area contributed by atoms with Gasteiger partial charge in [-0.1, -0.05) is 33.9 Å². The van der Waals surface area contributed by atoms with Crippen LogP contribution >= 0.6 is 11.6 Å². The van der Waals surface area contributed by atoms with Gasteiger partial charge >= 0.3 is 127 Å². The molecule has 1 rings (SSSR count). The van der Waals surface area contributed by atoms with Crippen molar-refractivity contribution in [3.63, 3.8) is 0 Å². The van der Waals surface area contributed by atoms with Crippen molar-refractivity contribution in [3.8, 4) is 0 Å². The van der Waals surface area contributed by atoms with Crippen LogP contribution in [-0.4, -0.2) is 69.8 Å². The first-order valence-electron chi connectivity index (χ1n) is 7.42. The Labute approximate surface area is 308 Å². The minimum Gasteiger partial charge on any atom is -1.00 e. The predicted octanol–water partition coefficient (Wildman–Crippen LogP) is -4.76. The molecule has 0 aromatic heterocycles. The van der Waals surface area contributed by atoms with Crippen LogP contribution in [0, 0.1) is 0 Å². The summed E-state index contributed by atoms with van der Waals surface area (Å²) in [5, 5.41) is 0. The van der Waals surface area contributed by atoms with Crippen molar-refractivity contribution in [2.24, 2.45) is 0 Å². The second kappa shape index (κ2) is 27.3. The summed E-state index contributed by atoms with van der Waals surface area (Å²) in [4.78, 5) is 0. The summed E-state index contributed by atoms with van der Waals surface area (Å²) in [6.45, 7) is -2.14.